The number of ether oxygens (including phenoxy) is 2. The maximum absolute atomic E-state index is 12.9. The van der Waals surface area contributed by atoms with Crippen molar-refractivity contribution in [3.8, 4) is 11.6 Å². The summed E-state index contributed by atoms with van der Waals surface area (Å²) in [7, 11) is 1.68. The van der Waals surface area contributed by atoms with E-state index in [2.05, 4.69) is 22.1 Å². The zero-order chi connectivity index (χ0) is 20.8. The van der Waals surface area contributed by atoms with Crippen LogP contribution in [0.3, 0.4) is 0 Å². The molecule has 2 amide bonds. The van der Waals surface area contributed by atoms with Gasteiger partial charge in [0.1, 0.15) is 11.4 Å². The Morgan fingerprint density at radius 3 is 2.55 bits per heavy atom. The topological polar surface area (TPSA) is 66.9 Å². The molecule has 0 atom stereocenters. The number of hydrogen-bond acceptors (Lipinski definition) is 5. The van der Waals surface area contributed by atoms with Crippen LogP contribution in [0.15, 0.2) is 30.3 Å². The molecule has 0 spiro atoms. The van der Waals surface area contributed by atoms with Crippen molar-refractivity contribution in [2.45, 2.75) is 27.2 Å². The van der Waals surface area contributed by atoms with Gasteiger partial charge in [0.05, 0.1) is 19.4 Å². The number of hydrogen-bond donors (Lipinski definition) is 1. The van der Waals surface area contributed by atoms with Gasteiger partial charge in [-0.15, -0.1) is 0 Å². The smallest absolute Gasteiger partial charge is 0.322 e. The van der Waals surface area contributed by atoms with Crippen LogP contribution < -0.4 is 19.7 Å². The zero-order valence-electron chi connectivity index (χ0n) is 17.7. The molecule has 0 saturated carbocycles. The molecular weight excluding hydrogens is 368 g/mol. The quantitative estimate of drug-likeness (QED) is 0.803. The second kappa shape index (κ2) is 9.49. The summed E-state index contributed by atoms with van der Waals surface area (Å²) in [5.41, 5.74) is 3.72. The molecule has 1 fully saturated rings. The predicted octanol–water partition coefficient (Wildman–Crippen LogP) is 3.71. The van der Waals surface area contributed by atoms with E-state index in [0.717, 1.165) is 42.2 Å². The van der Waals surface area contributed by atoms with E-state index in [0.29, 0.717) is 31.3 Å². The summed E-state index contributed by atoms with van der Waals surface area (Å²) in [5.74, 6) is 1.33. The number of para-hydroxylation sites is 2. The molecule has 3 rings (SSSR count). The van der Waals surface area contributed by atoms with Crippen LogP contribution in [0, 0.1) is 6.92 Å². The fourth-order valence-electron chi connectivity index (χ4n) is 3.55. The van der Waals surface area contributed by atoms with Crippen molar-refractivity contribution in [2.75, 3.05) is 50.1 Å². The number of pyridine rings is 1. The van der Waals surface area contributed by atoms with Crippen molar-refractivity contribution in [1.29, 1.82) is 0 Å². The summed E-state index contributed by atoms with van der Waals surface area (Å²) >= 11 is 0. The van der Waals surface area contributed by atoms with E-state index < -0.39 is 0 Å². The lowest BCUT2D eigenvalue weighted by molar-refractivity contribution is 0.208. The number of benzene rings is 1. The molecule has 0 bridgehead atoms. The first-order valence-electron chi connectivity index (χ1n) is 10.1. The van der Waals surface area contributed by atoms with Crippen LogP contribution >= 0.6 is 0 Å². The minimum Gasteiger partial charge on any atom is -0.495 e. The van der Waals surface area contributed by atoms with Gasteiger partial charge in [0.2, 0.25) is 5.88 Å². The van der Waals surface area contributed by atoms with Gasteiger partial charge in [-0.3, -0.25) is 0 Å². The van der Waals surface area contributed by atoms with Crippen molar-refractivity contribution in [1.82, 2.24) is 9.88 Å². The number of nitrogens with zero attached hydrogens (tertiary/aromatic N) is 3. The average Bonchev–Trinajstić information content (AvgIpc) is 2.75. The highest BCUT2D eigenvalue weighted by Crippen LogP contribution is 2.29. The first-order chi connectivity index (χ1) is 14.1. The number of piperazine rings is 1. The van der Waals surface area contributed by atoms with Crippen molar-refractivity contribution in [3.63, 3.8) is 0 Å². The molecule has 0 radical (unpaired) electrons. The van der Waals surface area contributed by atoms with Gasteiger partial charge >= 0.3 is 6.03 Å². The monoisotopic (exact) mass is 398 g/mol. The summed E-state index contributed by atoms with van der Waals surface area (Å²) in [6.45, 7) is 9.21. The van der Waals surface area contributed by atoms with Crippen LogP contribution in [0.25, 0.3) is 0 Å². The van der Waals surface area contributed by atoms with E-state index in [4.69, 9.17) is 9.47 Å². The highest BCUT2D eigenvalue weighted by atomic mass is 16.5. The maximum Gasteiger partial charge on any atom is 0.322 e. The van der Waals surface area contributed by atoms with Gasteiger partial charge < -0.3 is 24.6 Å². The van der Waals surface area contributed by atoms with Gasteiger partial charge in [0.25, 0.3) is 0 Å². The second-order valence-corrected chi connectivity index (χ2v) is 6.95. The van der Waals surface area contributed by atoms with E-state index >= 15 is 0 Å². The molecule has 2 aromatic rings. The van der Waals surface area contributed by atoms with Crippen LogP contribution in [0.5, 0.6) is 11.6 Å². The second-order valence-electron chi connectivity index (χ2n) is 6.95. The lowest BCUT2D eigenvalue weighted by Crippen LogP contribution is -2.50. The van der Waals surface area contributed by atoms with Crippen LogP contribution in [-0.4, -0.2) is 55.8 Å². The Morgan fingerprint density at radius 1 is 1.17 bits per heavy atom. The SMILES string of the molecule is CCOc1nc(C)c(CC)cc1NC(=O)N1CCN(c2ccccc2OC)CC1. The normalized spacial score (nSPS) is 13.9. The van der Waals surface area contributed by atoms with Gasteiger partial charge in [0, 0.05) is 31.9 Å². The Balaban J connectivity index is 1.67. The highest BCUT2D eigenvalue weighted by molar-refractivity contribution is 5.91. The fourth-order valence-corrected chi connectivity index (χ4v) is 3.55. The Hall–Kier alpha value is -2.96. The molecule has 1 saturated heterocycles. The predicted molar refractivity (Wildman–Crippen MR) is 115 cm³/mol. The third-order valence-electron chi connectivity index (χ3n) is 5.18. The number of aryl methyl sites for hydroxylation is 2. The number of methoxy groups -OCH3 is 1. The minimum absolute atomic E-state index is 0.127. The van der Waals surface area contributed by atoms with Crippen LogP contribution in [0.1, 0.15) is 25.1 Å². The number of aromatic nitrogens is 1. The minimum atomic E-state index is -0.127. The molecule has 1 aliphatic rings. The summed E-state index contributed by atoms with van der Waals surface area (Å²) in [6.07, 6.45) is 0.853. The van der Waals surface area contributed by atoms with Crippen molar-refractivity contribution < 1.29 is 14.3 Å². The molecule has 1 aromatic carbocycles. The largest absolute Gasteiger partial charge is 0.495 e. The highest BCUT2D eigenvalue weighted by Gasteiger charge is 2.24. The summed E-state index contributed by atoms with van der Waals surface area (Å²) in [6, 6.07) is 9.81. The van der Waals surface area contributed by atoms with Gasteiger partial charge in [-0.2, -0.15) is 0 Å². The number of carbonyl (C=O) groups excluding carboxylic acids is 1. The molecule has 1 aliphatic heterocycles. The molecule has 2 heterocycles. The van der Waals surface area contributed by atoms with Gasteiger partial charge in [-0.1, -0.05) is 19.1 Å². The maximum atomic E-state index is 12.9. The molecular formula is C22H30N4O3. The Kier molecular flexibility index (Phi) is 6.80. The van der Waals surface area contributed by atoms with Crippen molar-refractivity contribution >= 4 is 17.4 Å². The third kappa shape index (κ3) is 4.72. The first kappa shape index (κ1) is 20.8. The number of rotatable bonds is 6. The van der Waals surface area contributed by atoms with E-state index in [1.54, 1.807) is 7.11 Å². The molecule has 0 unspecified atom stereocenters. The average molecular weight is 399 g/mol. The Bertz CT molecular complexity index is 848. The molecule has 0 aliphatic carbocycles. The molecule has 29 heavy (non-hydrogen) atoms. The molecule has 1 aromatic heterocycles. The number of amides is 2. The Labute approximate surface area is 172 Å². The Morgan fingerprint density at radius 2 is 1.90 bits per heavy atom. The summed E-state index contributed by atoms with van der Waals surface area (Å²) < 4.78 is 11.1. The molecule has 156 valence electrons. The number of nitrogens with one attached hydrogen (secondary N) is 1. The fraction of sp³-hybridized carbons (Fsp3) is 0.455. The van der Waals surface area contributed by atoms with E-state index in [1.165, 1.54) is 0 Å². The summed E-state index contributed by atoms with van der Waals surface area (Å²) in [4.78, 5) is 21.5. The molecule has 1 N–H and O–H groups in total. The van der Waals surface area contributed by atoms with E-state index in [-0.39, 0.29) is 6.03 Å². The van der Waals surface area contributed by atoms with Crippen LogP contribution in [0.2, 0.25) is 0 Å². The third-order valence-corrected chi connectivity index (χ3v) is 5.18. The standard InChI is InChI=1S/C22H30N4O3/c1-5-17-15-18(21(29-6-2)23-16(17)3)24-22(27)26-13-11-25(12-14-26)19-9-7-8-10-20(19)28-4/h7-10,15H,5-6,11-14H2,1-4H3,(H,24,27). The van der Waals surface area contributed by atoms with E-state index in [9.17, 15) is 4.79 Å². The van der Waals surface area contributed by atoms with Gasteiger partial charge in [-0.25, -0.2) is 9.78 Å². The molecule has 7 heteroatoms. The van der Waals surface area contributed by atoms with Crippen molar-refractivity contribution in [3.05, 3.63) is 41.6 Å². The number of anilines is 2. The lowest BCUT2D eigenvalue weighted by Gasteiger charge is -2.36. The van der Waals surface area contributed by atoms with Crippen LogP contribution in [0.4, 0.5) is 16.2 Å². The molecule has 7 nitrogen and oxygen atoms in total. The lowest BCUT2D eigenvalue weighted by atomic mass is 10.1. The van der Waals surface area contributed by atoms with Crippen molar-refractivity contribution in [2.24, 2.45) is 0 Å². The first-order valence-corrected chi connectivity index (χ1v) is 10.1. The summed E-state index contributed by atoms with van der Waals surface area (Å²) in [5, 5.41) is 3.00. The zero-order valence-corrected chi connectivity index (χ0v) is 17.7. The van der Waals surface area contributed by atoms with E-state index in [1.807, 2.05) is 49.1 Å². The number of carbonyl (C=O) groups is 1. The number of urea groups is 1. The van der Waals surface area contributed by atoms with Gasteiger partial charge in [0.15, 0.2) is 0 Å². The van der Waals surface area contributed by atoms with Crippen LogP contribution in [-0.2, 0) is 6.42 Å². The van der Waals surface area contributed by atoms with Gasteiger partial charge in [-0.05, 0) is 44.0 Å².